The van der Waals surface area contributed by atoms with E-state index in [0.717, 1.165) is 12.5 Å². The first-order valence-corrected chi connectivity index (χ1v) is 7.38. The molecule has 130 valence electrons. The Morgan fingerprint density at radius 2 is 2.25 bits per heavy atom. The number of amides is 1. The van der Waals surface area contributed by atoms with Gasteiger partial charge < -0.3 is 19.9 Å². The van der Waals surface area contributed by atoms with Crippen molar-refractivity contribution in [3.05, 3.63) is 33.9 Å². The van der Waals surface area contributed by atoms with Crippen molar-refractivity contribution in [1.29, 1.82) is 0 Å². The van der Waals surface area contributed by atoms with Crippen LogP contribution in [-0.4, -0.2) is 48.3 Å². The molecule has 1 aliphatic heterocycles. The van der Waals surface area contributed by atoms with Crippen molar-refractivity contribution in [2.24, 2.45) is 5.92 Å². The van der Waals surface area contributed by atoms with Crippen molar-refractivity contribution in [2.45, 2.75) is 18.9 Å². The zero-order valence-corrected chi connectivity index (χ0v) is 13.1. The lowest BCUT2D eigenvalue weighted by Crippen LogP contribution is -2.48. The minimum atomic E-state index is -1.16. The Morgan fingerprint density at radius 1 is 1.50 bits per heavy atom. The molecule has 0 spiro atoms. The maximum absolute atomic E-state index is 12.3. The van der Waals surface area contributed by atoms with E-state index in [1.165, 1.54) is 19.2 Å². The highest BCUT2D eigenvalue weighted by atomic mass is 16.6. The summed E-state index contributed by atoms with van der Waals surface area (Å²) in [6.07, 6.45) is 1.35. The molecule has 1 fully saturated rings. The number of carbonyl (C=O) groups excluding carboxylic acids is 1. The van der Waals surface area contributed by atoms with Crippen LogP contribution < -0.4 is 10.1 Å². The molecule has 1 aliphatic rings. The van der Waals surface area contributed by atoms with E-state index in [0.29, 0.717) is 13.0 Å². The number of hydrogen-bond acceptors (Lipinski definition) is 6. The molecule has 0 aliphatic carbocycles. The molecule has 9 nitrogen and oxygen atoms in total. The van der Waals surface area contributed by atoms with Crippen molar-refractivity contribution < 1.29 is 29.1 Å². The highest BCUT2D eigenvalue weighted by Gasteiger charge is 2.32. The van der Waals surface area contributed by atoms with Crippen LogP contribution in [0, 0.1) is 16.0 Å². The van der Waals surface area contributed by atoms with Gasteiger partial charge in [0.15, 0.2) is 5.75 Å². The van der Waals surface area contributed by atoms with Gasteiger partial charge >= 0.3 is 11.7 Å². The molecule has 0 bridgehead atoms. The summed E-state index contributed by atoms with van der Waals surface area (Å²) >= 11 is 0. The van der Waals surface area contributed by atoms with Gasteiger partial charge in [0, 0.05) is 24.2 Å². The van der Waals surface area contributed by atoms with Crippen molar-refractivity contribution in [3.63, 3.8) is 0 Å². The SMILES string of the molecule is COc1ccc(C(=O)NC(C(=O)O)C2CCCOC2)cc1[N+](=O)[O-]. The molecule has 1 heterocycles. The van der Waals surface area contributed by atoms with E-state index in [1.54, 1.807) is 0 Å². The van der Waals surface area contributed by atoms with E-state index >= 15 is 0 Å². The summed E-state index contributed by atoms with van der Waals surface area (Å²) in [7, 11) is 1.28. The average molecular weight is 338 g/mol. The number of nitrogens with one attached hydrogen (secondary N) is 1. The largest absolute Gasteiger partial charge is 0.490 e. The first-order valence-electron chi connectivity index (χ1n) is 7.38. The van der Waals surface area contributed by atoms with Crippen LogP contribution in [0.3, 0.4) is 0 Å². The van der Waals surface area contributed by atoms with Crippen LogP contribution in [-0.2, 0) is 9.53 Å². The number of carbonyl (C=O) groups is 2. The first kappa shape index (κ1) is 17.7. The monoisotopic (exact) mass is 338 g/mol. The van der Waals surface area contributed by atoms with Gasteiger partial charge in [0.1, 0.15) is 6.04 Å². The van der Waals surface area contributed by atoms with Gasteiger partial charge in [-0.05, 0) is 25.0 Å². The fraction of sp³-hybridized carbons (Fsp3) is 0.467. The van der Waals surface area contributed by atoms with E-state index < -0.39 is 22.8 Å². The summed E-state index contributed by atoms with van der Waals surface area (Å²) in [6, 6.07) is 2.59. The molecule has 0 aromatic heterocycles. The maximum atomic E-state index is 12.3. The van der Waals surface area contributed by atoms with Crippen LogP contribution in [0.15, 0.2) is 18.2 Å². The van der Waals surface area contributed by atoms with Gasteiger partial charge in [0.25, 0.3) is 5.91 Å². The van der Waals surface area contributed by atoms with Gasteiger partial charge in [-0.15, -0.1) is 0 Å². The third kappa shape index (κ3) is 3.99. The number of ether oxygens (including phenoxy) is 2. The number of rotatable bonds is 6. The highest BCUT2D eigenvalue weighted by molar-refractivity contribution is 5.97. The van der Waals surface area contributed by atoms with Gasteiger partial charge in [-0.1, -0.05) is 0 Å². The standard InChI is InChI=1S/C15H18N2O7/c1-23-12-5-4-9(7-11(12)17(21)22)14(18)16-13(15(19)20)10-3-2-6-24-8-10/h4-5,7,10,13H,2-3,6,8H2,1H3,(H,16,18)(H,19,20). The lowest BCUT2D eigenvalue weighted by atomic mass is 9.93. The number of hydrogen-bond donors (Lipinski definition) is 2. The first-order chi connectivity index (χ1) is 11.4. The van der Waals surface area contributed by atoms with Crippen LogP contribution in [0.1, 0.15) is 23.2 Å². The molecule has 2 unspecified atom stereocenters. The second-order valence-corrected chi connectivity index (χ2v) is 5.41. The van der Waals surface area contributed by atoms with Crippen molar-refractivity contribution >= 4 is 17.6 Å². The fourth-order valence-corrected chi connectivity index (χ4v) is 2.61. The normalized spacial score (nSPS) is 18.5. The predicted molar refractivity (Wildman–Crippen MR) is 82.1 cm³/mol. The molecule has 0 saturated carbocycles. The van der Waals surface area contributed by atoms with E-state index in [2.05, 4.69) is 5.32 Å². The molecule has 2 rings (SSSR count). The molecular formula is C15H18N2O7. The summed E-state index contributed by atoms with van der Waals surface area (Å²) in [5.41, 5.74) is -0.372. The number of nitro benzene ring substituents is 1. The molecule has 9 heteroatoms. The Morgan fingerprint density at radius 3 is 2.79 bits per heavy atom. The van der Waals surface area contributed by atoms with Crippen LogP contribution in [0.25, 0.3) is 0 Å². The van der Waals surface area contributed by atoms with E-state index in [-0.39, 0.29) is 29.5 Å². The summed E-state index contributed by atoms with van der Waals surface area (Å²) in [5.74, 6) is -2.18. The minimum Gasteiger partial charge on any atom is -0.490 e. The van der Waals surface area contributed by atoms with Crippen LogP contribution in [0.5, 0.6) is 5.75 Å². The highest BCUT2D eigenvalue weighted by Crippen LogP contribution is 2.27. The molecule has 1 aromatic carbocycles. The lowest BCUT2D eigenvalue weighted by Gasteiger charge is -2.28. The van der Waals surface area contributed by atoms with Gasteiger partial charge in [0.2, 0.25) is 0 Å². The molecular weight excluding hydrogens is 320 g/mol. The van der Waals surface area contributed by atoms with E-state index in [9.17, 15) is 24.8 Å². The zero-order chi connectivity index (χ0) is 17.7. The fourth-order valence-electron chi connectivity index (χ4n) is 2.61. The number of carboxylic acids is 1. The number of aliphatic carboxylic acids is 1. The Kier molecular flexibility index (Phi) is 5.69. The van der Waals surface area contributed by atoms with Gasteiger partial charge in [-0.25, -0.2) is 4.79 Å². The molecule has 2 atom stereocenters. The summed E-state index contributed by atoms with van der Waals surface area (Å²) < 4.78 is 10.1. The van der Waals surface area contributed by atoms with Crippen molar-refractivity contribution in [1.82, 2.24) is 5.32 Å². The Hall–Kier alpha value is -2.68. The van der Waals surface area contributed by atoms with Crippen LogP contribution in [0.2, 0.25) is 0 Å². The third-order valence-corrected chi connectivity index (χ3v) is 3.86. The quantitative estimate of drug-likeness (QED) is 0.589. The molecule has 24 heavy (non-hydrogen) atoms. The maximum Gasteiger partial charge on any atom is 0.326 e. The number of nitro groups is 1. The second kappa shape index (κ2) is 7.73. The second-order valence-electron chi connectivity index (χ2n) is 5.41. The molecule has 2 N–H and O–H groups in total. The summed E-state index contributed by atoms with van der Waals surface area (Å²) in [4.78, 5) is 34.1. The Balaban J connectivity index is 2.19. The number of methoxy groups -OCH3 is 1. The number of nitrogens with zero attached hydrogens (tertiary/aromatic N) is 1. The van der Waals surface area contributed by atoms with Gasteiger partial charge in [-0.2, -0.15) is 0 Å². The lowest BCUT2D eigenvalue weighted by molar-refractivity contribution is -0.385. The summed E-state index contributed by atoms with van der Waals surface area (Å²) in [6.45, 7) is 0.821. The van der Waals surface area contributed by atoms with Crippen LogP contribution in [0.4, 0.5) is 5.69 Å². The van der Waals surface area contributed by atoms with Crippen molar-refractivity contribution in [3.8, 4) is 5.75 Å². The third-order valence-electron chi connectivity index (χ3n) is 3.86. The average Bonchev–Trinajstić information content (AvgIpc) is 2.59. The molecule has 1 aromatic rings. The van der Waals surface area contributed by atoms with Gasteiger partial charge in [0.05, 0.1) is 18.6 Å². The van der Waals surface area contributed by atoms with E-state index in [4.69, 9.17) is 9.47 Å². The topological polar surface area (TPSA) is 128 Å². The molecule has 1 amide bonds. The minimum absolute atomic E-state index is 0.00882. The number of benzene rings is 1. The molecule has 0 radical (unpaired) electrons. The summed E-state index contributed by atoms with van der Waals surface area (Å²) in [5, 5.41) is 22.8. The zero-order valence-electron chi connectivity index (χ0n) is 13.1. The predicted octanol–water partition coefficient (Wildman–Crippen LogP) is 1.21. The number of carboxylic acid groups (broad SMARTS) is 1. The van der Waals surface area contributed by atoms with Gasteiger partial charge in [-0.3, -0.25) is 14.9 Å². The Labute approximate surface area is 137 Å². The molecule has 1 saturated heterocycles. The van der Waals surface area contributed by atoms with E-state index in [1.807, 2.05) is 0 Å². The van der Waals surface area contributed by atoms with Crippen LogP contribution >= 0.6 is 0 Å². The Bertz CT molecular complexity index is 641. The smallest absolute Gasteiger partial charge is 0.326 e. The van der Waals surface area contributed by atoms with Crippen molar-refractivity contribution in [2.75, 3.05) is 20.3 Å².